The molecule has 19 heteroatoms. The average Bonchev–Trinajstić information content (AvgIpc) is 2.86. The number of anilines is 1. The van der Waals surface area contributed by atoms with Crippen molar-refractivity contribution in [3.8, 4) is 0 Å². The molecule has 29 heavy (non-hydrogen) atoms. The van der Waals surface area contributed by atoms with Crippen LogP contribution in [0.25, 0.3) is 11.2 Å². The summed E-state index contributed by atoms with van der Waals surface area (Å²) in [5.74, 6) is -0.417. The lowest BCUT2D eigenvalue weighted by atomic mass is 10.2. The fraction of sp³-hybridized carbons (Fsp3) is 0.500. The Morgan fingerprint density at radius 3 is 2.52 bits per heavy atom. The quantitative estimate of drug-likeness (QED) is 0.241. The van der Waals surface area contributed by atoms with Gasteiger partial charge in [0.1, 0.15) is 6.35 Å². The van der Waals surface area contributed by atoms with Crippen LogP contribution in [0.4, 0.5) is 5.95 Å². The molecule has 0 aliphatic carbocycles. The zero-order valence-electron chi connectivity index (χ0n) is 14.7. The summed E-state index contributed by atoms with van der Waals surface area (Å²) in [5.41, 5.74) is 5.28. The van der Waals surface area contributed by atoms with Gasteiger partial charge in [-0.2, -0.15) is 9.29 Å². The predicted molar refractivity (Wildman–Crippen MR) is 96.4 cm³/mol. The van der Waals surface area contributed by atoms with E-state index in [0.717, 1.165) is 0 Å². The molecule has 0 radical (unpaired) electrons. The molecule has 0 amide bonds. The van der Waals surface area contributed by atoms with E-state index in [4.69, 9.17) is 25.2 Å². The third-order valence-corrected chi connectivity index (χ3v) is 7.13. The number of phosphoric acid groups is 2. The highest BCUT2D eigenvalue weighted by Crippen LogP contribution is 2.65. The maximum absolute atomic E-state index is 11.7. The first-order valence-corrected chi connectivity index (χ1v) is 12.4. The summed E-state index contributed by atoms with van der Waals surface area (Å²) in [6, 6.07) is 0. The fourth-order valence-electron chi connectivity index (χ4n) is 2.20. The van der Waals surface area contributed by atoms with Crippen molar-refractivity contribution in [1.82, 2.24) is 19.5 Å². The Balaban J connectivity index is 1.92. The maximum Gasteiger partial charge on any atom is 0.488 e. The van der Waals surface area contributed by atoms with Crippen LogP contribution in [0.3, 0.4) is 0 Å². The number of aromatic amines is 1. The smallest absolute Gasteiger partial charge is 0.369 e. The number of hydrogen-bond donors (Lipinski definition) is 6. The SMILES string of the molecule is CC(COCP(=O)(O)OP(=O)(O)OP(=O)(O)O)Cn1cnc2c(=O)[nH]c(N)nc21. The van der Waals surface area contributed by atoms with Crippen molar-refractivity contribution >= 4 is 40.4 Å². The van der Waals surface area contributed by atoms with Gasteiger partial charge in [0.15, 0.2) is 11.2 Å². The van der Waals surface area contributed by atoms with E-state index in [1.54, 1.807) is 6.92 Å². The van der Waals surface area contributed by atoms with Crippen molar-refractivity contribution in [3.63, 3.8) is 0 Å². The summed E-state index contributed by atoms with van der Waals surface area (Å²) in [7, 11) is -15.8. The van der Waals surface area contributed by atoms with Gasteiger partial charge in [0.05, 0.1) is 12.9 Å². The van der Waals surface area contributed by atoms with Crippen molar-refractivity contribution in [2.75, 3.05) is 18.7 Å². The van der Waals surface area contributed by atoms with E-state index in [9.17, 15) is 23.4 Å². The highest BCUT2D eigenvalue weighted by Gasteiger charge is 2.39. The van der Waals surface area contributed by atoms with Gasteiger partial charge in [-0.15, -0.1) is 0 Å². The fourth-order valence-corrected chi connectivity index (χ4v) is 5.47. The Kier molecular flexibility index (Phi) is 7.18. The molecular weight excluding hydrogens is 459 g/mol. The number of H-pyrrole nitrogens is 1. The van der Waals surface area contributed by atoms with E-state index in [1.165, 1.54) is 10.9 Å². The lowest BCUT2D eigenvalue weighted by molar-refractivity contribution is 0.119. The van der Waals surface area contributed by atoms with Crippen molar-refractivity contribution < 1.29 is 46.6 Å². The molecule has 3 unspecified atom stereocenters. The molecule has 2 heterocycles. The van der Waals surface area contributed by atoms with Gasteiger partial charge in [-0.05, 0) is 5.92 Å². The van der Waals surface area contributed by atoms with Crippen molar-refractivity contribution in [3.05, 3.63) is 16.7 Å². The van der Waals surface area contributed by atoms with Gasteiger partial charge in [-0.25, -0.2) is 18.4 Å². The number of nitrogens with two attached hydrogens (primary N) is 1. The summed E-state index contributed by atoms with van der Waals surface area (Å²) in [4.78, 5) is 57.4. The maximum atomic E-state index is 11.7. The van der Waals surface area contributed by atoms with E-state index in [1.807, 2.05) is 0 Å². The number of aromatic nitrogens is 4. The highest BCUT2D eigenvalue weighted by molar-refractivity contribution is 7.68. The van der Waals surface area contributed by atoms with Crippen LogP contribution < -0.4 is 11.3 Å². The molecule has 7 N–H and O–H groups in total. The van der Waals surface area contributed by atoms with Gasteiger partial charge in [0.25, 0.3) is 5.56 Å². The van der Waals surface area contributed by atoms with Crippen LogP contribution in [-0.4, -0.2) is 52.0 Å². The second-order valence-corrected chi connectivity index (χ2v) is 10.6. The molecule has 0 spiro atoms. The topological polar surface area (TPSA) is 249 Å². The Morgan fingerprint density at radius 2 is 1.90 bits per heavy atom. The summed E-state index contributed by atoms with van der Waals surface area (Å²) in [5, 5.41) is 0. The van der Waals surface area contributed by atoms with Crippen LogP contribution in [0.5, 0.6) is 0 Å². The molecule has 0 bridgehead atoms. The Bertz CT molecular complexity index is 1080. The number of nitrogens with zero attached hydrogens (tertiary/aromatic N) is 3. The van der Waals surface area contributed by atoms with Gasteiger partial charge in [0, 0.05) is 6.54 Å². The third kappa shape index (κ3) is 7.39. The summed E-state index contributed by atoms with van der Waals surface area (Å²) in [6.45, 7) is 1.77. The molecule has 0 fully saturated rings. The molecule has 3 atom stereocenters. The van der Waals surface area contributed by atoms with Gasteiger partial charge >= 0.3 is 23.2 Å². The zero-order valence-corrected chi connectivity index (χ0v) is 17.4. The van der Waals surface area contributed by atoms with E-state index in [0.29, 0.717) is 0 Å². The van der Waals surface area contributed by atoms with Crippen molar-refractivity contribution in [1.29, 1.82) is 0 Å². The minimum Gasteiger partial charge on any atom is -0.369 e. The number of nitrogens with one attached hydrogen (secondary N) is 1. The van der Waals surface area contributed by atoms with Gasteiger partial charge in [-0.3, -0.25) is 14.3 Å². The number of nitrogen functional groups attached to an aromatic ring is 1. The van der Waals surface area contributed by atoms with Crippen LogP contribution in [0.1, 0.15) is 6.92 Å². The lowest BCUT2D eigenvalue weighted by Gasteiger charge is -2.18. The van der Waals surface area contributed by atoms with Crippen LogP contribution in [0.2, 0.25) is 0 Å². The minimum absolute atomic E-state index is 0.0735. The van der Waals surface area contributed by atoms with Crippen LogP contribution in [-0.2, 0) is 33.6 Å². The second-order valence-electron chi connectivity index (χ2n) is 5.89. The Labute approximate surface area is 162 Å². The van der Waals surface area contributed by atoms with E-state index < -0.39 is 35.1 Å². The number of ether oxygens (including phenoxy) is 1. The van der Waals surface area contributed by atoms with Crippen molar-refractivity contribution in [2.24, 2.45) is 5.92 Å². The molecule has 164 valence electrons. The molecule has 16 nitrogen and oxygen atoms in total. The number of imidazole rings is 1. The lowest BCUT2D eigenvalue weighted by Crippen LogP contribution is -2.16. The van der Waals surface area contributed by atoms with Crippen LogP contribution in [0.15, 0.2) is 11.1 Å². The molecule has 2 aromatic heterocycles. The first kappa shape index (κ1) is 23.8. The van der Waals surface area contributed by atoms with Crippen LogP contribution >= 0.6 is 23.2 Å². The monoisotopic (exact) mass is 477 g/mol. The molecule has 2 rings (SSSR count). The zero-order chi connectivity index (χ0) is 22.0. The standard InChI is InChI=1S/C10H18N5O11P3/c1-6(2-15-4-12-7-8(15)13-10(11)14-9(7)16)3-24-5-27(17,18)25-29(22,23)26-28(19,20)21/h4,6H,2-3,5H2,1H3,(H,17,18)(H,22,23)(H2,19,20,21)(H3,11,13,14,16). The molecule has 0 saturated heterocycles. The molecule has 0 aliphatic heterocycles. The van der Waals surface area contributed by atoms with Gasteiger partial charge < -0.3 is 34.6 Å². The first-order chi connectivity index (χ1) is 13.2. The number of rotatable bonds is 10. The van der Waals surface area contributed by atoms with E-state index in [2.05, 4.69) is 23.6 Å². The van der Waals surface area contributed by atoms with Gasteiger partial charge in [-0.1, -0.05) is 6.92 Å². The molecule has 2 aromatic rings. The normalized spacial score (nSPS) is 17.7. The summed E-state index contributed by atoms with van der Waals surface area (Å²) < 4.78 is 47.4. The predicted octanol–water partition coefficient (Wildman–Crippen LogP) is -0.276. The average molecular weight is 477 g/mol. The van der Waals surface area contributed by atoms with Gasteiger partial charge in [0.2, 0.25) is 5.95 Å². The Hall–Kier alpha value is -1.44. The number of fused-ring (bicyclic) bond motifs is 1. The summed E-state index contributed by atoms with van der Waals surface area (Å²) >= 11 is 0. The van der Waals surface area contributed by atoms with Crippen LogP contribution in [0, 0.1) is 5.92 Å². The largest absolute Gasteiger partial charge is 0.488 e. The number of hydrogen-bond acceptors (Lipinski definition) is 10. The van der Waals surface area contributed by atoms with E-state index in [-0.39, 0.29) is 36.2 Å². The summed E-state index contributed by atoms with van der Waals surface area (Å²) in [6.07, 6.45) is 0.298. The molecule has 0 saturated carbocycles. The second kappa shape index (κ2) is 8.74. The molecule has 0 aliphatic rings. The highest BCUT2D eigenvalue weighted by atomic mass is 31.3. The first-order valence-electron chi connectivity index (χ1n) is 7.59. The Morgan fingerprint density at radius 1 is 1.24 bits per heavy atom. The third-order valence-electron chi connectivity index (χ3n) is 3.10. The minimum atomic E-state index is -5.50. The van der Waals surface area contributed by atoms with Crippen molar-refractivity contribution in [2.45, 2.75) is 13.5 Å². The molecular formula is C10H18N5O11P3. The van der Waals surface area contributed by atoms with E-state index >= 15 is 0 Å². The molecule has 0 aromatic carbocycles.